The number of rotatable bonds is 6. The van der Waals surface area contributed by atoms with Crippen LogP contribution in [0.25, 0.3) is 0 Å². The molecule has 5 heteroatoms. The Hall–Kier alpha value is 0.390. The molecule has 0 aliphatic rings. The van der Waals surface area contributed by atoms with Gasteiger partial charge < -0.3 is 0 Å². The summed E-state index contributed by atoms with van der Waals surface area (Å²) < 4.78 is 23.2. The minimum Gasteiger partial charge on any atom is -0.299 e. The van der Waals surface area contributed by atoms with E-state index in [0.29, 0.717) is 12.6 Å². The lowest BCUT2D eigenvalue weighted by Crippen LogP contribution is -2.40. The van der Waals surface area contributed by atoms with Gasteiger partial charge in [-0.25, -0.2) is 8.42 Å². The minimum absolute atomic E-state index is 0.238. The normalized spacial score (nSPS) is 13.8. The molecule has 0 saturated heterocycles. The zero-order chi connectivity index (χ0) is 13.0. The Labute approximate surface area is 109 Å². The molecule has 0 atom stereocenters. The Morgan fingerprint density at radius 2 is 1.69 bits per heavy atom. The summed E-state index contributed by atoms with van der Waals surface area (Å²) in [5.41, 5.74) is 0. The largest absolute Gasteiger partial charge is 0.299 e. The van der Waals surface area contributed by atoms with Crippen LogP contribution in [0.2, 0.25) is 0 Å². The number of hydrogen-bond donors (Lipinski definition) is 0. The third kappa shape index (κ3) is 5.15. The standard InChI is InChI=1S/C11H24BrNO2S/c1-10(2)13(7-6-12)8-9-16(14,15)11(3,4)5/h10H,6-9H2,1-5H3. The van der Waals surface area contributed by atoms with Gasteiger partial charge in [0.25, 0.3) is 0 Å². The summed E-state index contributed by atoms with van der Waals surface area (Å²) >= 11 is 3.39. The summed E-state index contributed by atoms with van der Waals surface area (Å²) in [4.78, 5) is 2.18. The van der Waals surface area contributed by atoms with Crippen molar-refractivity contribution in [1.82, 2.24) is 4.90 Å². The molecule has 0 N–H and O–H groups in total. The van der Waals surface area contributed by atoms with Crippen LogP contribution in [0.4, 0.5) is 0 Å². The molecular formula is C11H24BrNO2S. The van der Waals surface area contributed by atoms with Crippen molar-refractivity contribution >= 4 is 25.8 Å². The second-order valence-corrected chi connectivity index (χ2v) is 8.91. The quantitative estimate of drug-likeness (QED) is 0.706. The lowest BCUT2D eigenvalue weighted by Gasteiger charge is -2.27. The summed E-state index contributed by atoms with van der Waals surface area (Å²) in [6.07, 6.45) is 0. The molecule has 98 valence electrons. The zero-order valence-corrected chi connectivity index (χ0v) is 13.4. The second kappa shape index (κ2) is 6.36. The highest BCUT2D eigenvalue weighted by Gasteiger charge is 2.29. The molecule has 0 aromatic rings. The van der Waals surface area contributed by atoms with Crippen LogP contribution < -0.4 is 0 Å². The lowest BCUT2D eigenvalue weighted by atomic mass is 10.3. The fourth-order valence-corrected chi connectivity index (χ4v) is 2.82. The SMILES string of the molecule is CC(C)N(CCBr)CCS(=O)(=O)C(C)(C)C. The maximum atomic E-state index is 11.9. The van der Waals surface area contributed by atoms with Crippen LogP contribution in [0.3, 0.4) is 0 Å². The Bertz CT molecular complexity index is 294. The van der Waals surface area contributed by atoms with Gasteiger partial charge in [-0.3, -0.25) is 4.90 Å². The van der Waals surface area contributed by atoms with Crippen LogP contribution >= 0.6 is 15.9 Å². The van der Waals surface area contributed by atoms with Gasteiger partial charge in [-0.05, 0) is 34.6 Å². The van der Waals surface area contributed by atoms with Crippen LogP contribution in [0.15, 0.2) is 0 Å². The van der Waals surface area contributed by atoms with Gasteiger partial charge in [0.1, 0.15) is 0 Å². The van der Waals surface area contributed by atoms with Gasteiger partial charge in [0.2, 0.25) is 0 Å². The maximum Gasteiger partial charge on any atom is 0.156 e. The lowest BCUT2D eigenvalue weighted by molar-refractivity contribution is 0.250. The predicted molar refractivity (Wildman–Crippen MR) is 74.0 cm³/mol. The van der Waals surface area contributed by atoms with E-state index in [2.05, 4.69) is 34.7 Å². The van der Waals surface area contributed by atoms with E-state index in [1.165, 1.54) is 0 Å². The van der Waals surface area contributed by atoms with Crippen molar-refractivity contribution in [1.29, 1.82) is 0 Å². The first kappa shape index (κ1) is 16.4. The van der Waals surface area contributed by atoms with Crippen molar-refractivity contribution in [2.75, 3.05) is 24.2 Å². The monoisotopic (exact) mass is 313 g/mol. The van der Waals surface area contributed by atoms with Gasteiger partial charge in [0.05, 0.1) is 10.5 Å². The Kier molecular flexibility index (Phi) is 6.51. The van der Waals surface area contributed by atoms with Crippen LogP contribution in [0.1, 0.15) is 34.6 Å². The van der Waals surface area contributed by atoms with Crippen LogP contribution in [0, 0.1) is 0 Å². The summed E-state index contributed by atoms with van der Waals surface area (Å²) in [5.74, 6) is 0.238. The molecule has 0 aromatic heterocycles. The van der Waals surface area contributed by atoms with Crippen molar-refractivity contribution in [3.05, 3.63) is 0 Å². The number of halogens is 1. The fourth-order valence-electron chi connectivity index (χ4n) is 1.28. The predicted octanol–water partition coefficient (Wildman–Crippen LogP) is 2.31. The van der Waals surface area contributed by atoms with E-state index in [1.54, 1.807) is 20.8 Å². The highest BCUT2D eigenvalue weighted by Crippen LogP contribution is 2.16. The van der Waals surface area contributed by atoms with E-state index >= 15 is 0 Å². The van der Waals surface area contributed by atoms with Gasteiger partial charge in [0.15, 0.2) is 9.84 Å². The molecule has 0 radical (unpaired) electrons. The van der Waals surface area contributed by atoms with Crippen LogP contribution in [-0.4, -0.2) is 48.3 Å². The molecular weight excluding hydrogens is 290 g/mol. The molecule has 0 spiro atoms. The first-order valence-corrected chi connectivity index (χ1v) is 8.41. The highest BCUT2D eigenvalue weighted by molar-refractivity contribution is 9.09. The highest BCUT2D eigenvalue weighted by atomic mass is 79.9. The Morgan fingerprint density at radius 1 is 1.19 bits per heavy atom. The minimum atomic E-state index is -3.00. The molecule has 0 saturated carbocycles. The van der Waals surface area contributed by atoms with Crippen molar-refractivity contribution in [2.24, 2.45) is 0 Å². The topological polar surface area (TPSA) is 37.4 Å². The Balaban J connectivity index is 4.43. The van der Waals surface area contributed by atoms with Gasteiger partial charge >= 0.3 is 0 Å². The molecule has 0 bridgehead atoms. The summed E-state index contributed by atoms with van der Waals surface area (Å²) in [6.45, 7) is 10.9. The molecule has 3 nitrogen and oxygen atoms in total. The van der Waals surface area contributed by atoms with E-state index in [4.69, 9.17) is 0 Å². The first-order chi connectivity index (χ1) is 7.12. The molecule has 0 rings (SSSR count). The number of hydrogen-bond acceptors (Lipinski definition) is 3. The summed E-state index contributed by atoms with van der Waals surface area (Å²) in [5, 5.41) is 0.876. The van der Waals surface area contributed by atoms with E-state index in [1.807, 2.05) is 0 Å². The van der Waals surface area contributed by atoms with Gasteiger partial charge in [-0.15, -0.1) is 0 Å². The third-order valence-corrected chi connectivity index (χ3v) is 5.62. The number of alkyl halides is 1. The summed E-state index contributed by atoms with van der Waals surface area (Å²) in [6, 6.07) is 0.382. The average molecular weight is 314 g/mol. The maximum absolute atomic E-state index is 11.9. The Morgan fingerprint density at radius 3 is 2.00 bits per heavy atom. The van der Waals surface area contributed by atoms with Crippen molar-refractivity contribution in [3.8, 4) is 0 Å². The van der Waals surface area contributed by atoms with Gasteiger partial charge in [0, 0.05) is 24.5 Å². The zero-order valence-electron chi connectivity index (χ0n) is 11.0. The van der Waals surface area contributed by atoms with Crippen LogP contribution in [-0.2, 0) is 9.84 Å². The average Bonchev–Trinajstić information content (AvgIpc) is 2.09. The molecule has 0 aromatic carbocycles. The molecule has 0 aliphatic carbocycles. The smallest absolute Gasteiger partial charge is 0.156 e. The van der Waals surface area contributed by atoms with Crippen molar-refractivity contribution in [3.63, 3.8) is 0 Å². The molecule has 0 unspecified atom stereocenters. The molecule has 0 fully saturated rings. The molecule has 16 heavy (non-hydrogen) atoms. The number of nitrogens with zero attached hydrogens (tertiary/aromatic N) is 1. The summed E-state index contributed by atoms with van der Waals surface area (Å²) in [7, 11) is -3.00. The second-order valence-electron chi connectivity index (χ2n) is 5.25. The number of sulfone groups is 1. The van der Waals surface area contributed by atoms with E-state index in [-0.39, 0.29) is 5.75 Å². The van der Waals surface area contributed by atoms with Crippen molar-refractivity contribution < 1.29 is 8.42 Å². The van der Waals surface area contributed by atoms with Gasteiger partial charge in [-0.2, -0.15) is 0 Å². The van der Waals surface area contributed by atoms with E-state index < -0.39 is 14.6 Å². The van der Waals surface area contributed by atoms with E-state index in [0.717, 1.165) is 11.9 Å². The van der Waals surface area contributed by atoms with Crippen LogP contribution in [0.5, 0.6) is 0 Å². The van der Waals surface area contributed by atoms with Crippen molar-refractivity contribution in [2.45, 2.75) is 45.4 Å². The third-order valence-electron chi connectivity index (χ3n) is 2.68. The molecule has 0 amide bonds. The van der Waals surface area contributed by atoms with Gasteiger partial charge in [-0.1, -0.05) is 15.9 Å². The fraction of sp³-hybridized carbons (Fsp3) is 1.00. The molecule has 0 aliphatic heterocycles. The van der Waals surface area contributed by atoms with E-state index in [9.17, 15) is 8.42 Å². The molecule has 0 heterocycles. The first-order valence-electron chi connectivity index (χ1n) is 5.64.